The minimum Gasteiger partial charge on any atom is -0.288 e. The molecule has 0 fully saturated rings. The summed E-state index contributed by atoms with van der Waals surface area (Å²) in [5.41, 5.74) is 0. The fraction of sp³-hybridized carbons (Fsp3) is 1.00. The second-order valence-corrected chi connectivity index (χ2v) is 6.88. The van der Waals surface area contributed by atoms with E-state index in [4.69, 9.17) is 4.52 Å². The van der Waals surface area contributed by atoms with E-state index in [1.807, 2.05) is 6.92 Å². The van der Waals surface area contributed by atoms with E-state index in [9.17, 15) is 13.6 Å². The normalized spacial score (nSPS) is 14.9. The van der Waals surface area contributed by atoms with Gasteiger partial charge in [0.2, 0.25) is 0 Å². The van der Waals surface area contributed by atoms with Gasteiger partial charge in [-0.25, -0.2) is 4.57 Å². The molecule has 17 heavy (non-hydrogen) atoms. The van der Waals surface area contributed by atoms with Crippen molar-refractivity contribution in [1.29, 1.82) is 0 Å². The summed E-state index contributed by atoms with van der Waals surface area (Å²) in [6, 6.07) is 0. The zero-order valence-electron chi connectivity index (χ0n) is 10.2. The molecule has 0 N–H and O–H groups in total. The molecule has 0 saturated carbocycles. The van der Waals surface area contributed by atoms with E-state index in [-0.39, 0.29) is 8.73 Å². The Kier molecular flexibility index (Phi) is 9.51. The lowest BCUT2D eigenvalue weighted by Gasteiger charge is -2.22. The molecule has 0 bridgehead atoms. The van der Waals surface area contributed by atoms with Crippen molar-refractivity contribution in [3.63, 3.8) is 0 Å². The molecule has 0 aliphatic rings. The van der Waals surface area contributed by atoms with E-state index in [0.29, 0.717) is 6.42 Å². The minimum absolute atomic E-state index is 0.116. The Bertz CT molecular complexity index is 238. The Hall–Kier alpha value is 0.360. The van der Waals surface area contributed by atoms with Crippen molar-refractivity contribution in [3.05, 3.63) is 0 Å². The molecule has 2 atom stereocenters. The molecule has 0 aromatic heterocycles. The SMILES string of the molecule is CCCCCC(OP(=O)(OF)OF)PN(C)C. The van der Waals surface area contributed by atoms with Crippen LogP contribution in [0.1, 0.15) is 32.6 Å². The average molecular weight is 293 g/mol. The third kappa shape index (κ3) is 8.14. The predicted molar refractivity (Wildman–Crippen MR) is 63.0 cm³/mol. The number of hydrogen-bond acceptors (Lipinski definition) is 5. The van der Waals surface area contributed by atoms with Gasteiger partial charge >= 0.3 is 7.82 Å². The van der Waals surface area contributed by atoms with E-state index >= 15 is 0 Å². The Balaban J connectivity index is 4.31. The first-order chi connectivity index (χ1) is 7.97. The molecule has 2 unspecified atom stereocenters. The molecule has 0 heterocycles. The van der Waals surface area contributed by atoms with E-state index in [2.05, 4.69) is 9.46 Å². The number of halogens is 2. The van der Waals surface area contributed by atoms with Crippen molar-refractivity contribution in [2.45, 2.75) is 38.5 Å². The fourth-order valence-corrected chi connectivity index (χ4v) is 3.20. The van der Waals surface area contributed by atoms with Gasteiger partial charge in [0.1, 0.15) is 0 Å². The van der Waals surface area contributed by atoms with Gasteiger partial charge in [-0.05, 0) is 38.3 Å². The van der Waals surface area contributed by atoms with Gasteiger partial charge in [0, 0.05) is 0 Å². The van der Waals surface area contributed by atoms with Crippen LogP contribution in [0.4, 0.5) is 9.05 Å². The third-order valence-corrected chi connectivity index (χ3v) is 4.16. The number of hydrogen-bond donors (Lipinski definition) is 0. The summed E-state index contributed by atoms with van der Waals surface area (Å²) >= 11 is 0. The molecular weight excluding hydrogens is 274 g/mol. The lowest BCUT2D eigenvalue weighted by molar-refractivity contribution is -0.120. The number of rotatable bonds is 10. The van der Waals surface area contributed by atoms with Crippen molar-refractivity contribution >= 4 is 16.6 Å². The highest BCUT2D eigenvalue weighted by molar-refractivity contribution is 7.49. The standard InChI is InChI=1S/C8H19F2NO4P2/c1-4-5-6-7-8(16-11(2)3)13-17(12,14-9)15-10/h8,16H,4-7H2,1-3H3. The van der Waals surface area contributed by atoms with Crippen LogP contribution in [0.3, 0.4) is 0 Å². The van der Waals surface area contributed by atoms with Crippen LogP contribution in [0, 0.1) is 0 Å². The highest BCUT2D eigenvalue weighted by atomic mass is 31.2. The molecule has 0 aliphatic carbocycles. The monoisotopic (exact) mass is 293 g/mol. The second kappa shape index (κ2) is 9.31. The molecule has 0 aromatic rings. The van der Waals surface area contributed by atoms with Crippen LogP contribution in [0.2, 0.25) is 0 Å². The zero-order chi connectivity index (χ0) is 13.3. The van der Waals surface area contributed by atoms with Crippen molar-refractivity contribution in [3.8, 4) is 0 Å². The highest BCUT2D eigenvalue weighted by Gasteiger charge is 2.33. The van der Waals surface area contributed by atoms with Crippen LogP contribution in [0.25, 0.3) is 0 Å². The third-order valence-electron chi connectivity index (χ3n) is 1.90. The molecule has 0 radical (unpaired) electrons. The minimum atomic E-state index is -4.70. The Morgan fingerprint density at radius 1 is 1.29 bits per heavy atom. The molecule has 0 aromatic carbocycles. The van der Waals surface area contributed by atoms with Crippen LogP contribution >= 0.6 is 16.6 Å². The van der Waals surface area contributed by atoms with Crippen LogP contribution in [-0.4, -0.2) is 24.6 Å². The molecule has 0 spiro atoms. The first kappa shape index (κ1) is 17.4. The molecular formula is C8H19F2NO4P2. The lowest BCUT2D eigenvalue weighted by atomic mass is 10.2. The summed E-state index contributed by atoms with van der Waals surface area (Å²) in [5, 5.41) is 0. The van der Waals surface area contributed by atoms with Crippen molar-refractivity contribution < 1.29 is 27.6 Å². The Morgan fingerprint density at radius 2 is 1.88 bits per heavy atom. The Labute approximate surface area is 102 Å². The maximum Gasteiger partial charge on any atom is 0.537 e. The van der Waals surface area contributed by atoms with Crippen LogP contribution in [0.5, 0.6) is 0 Å². The van der Waals surface area contributed by atoms with Gasteiger partial charge in [0.25, 0.3) is 0 Å². The van der Waals surface area contributed by atoms with Gasteiger partial charge in [-0.15, -0.1) is 0 Å². The van der Waals surface area contributed by atoms with E-state index in [0.717, 1.165) is 19.3 Å². The summed E-state index contributed by atoms with van der Waals surface area (Å²) in [6.07, 6.45) is 3.34. The van der Waals surface area contributed by atoms with Crippen LogP contribution in [0.15, 0.2) is 0 Å². The van der Waals surface area contributed by atoms with Crippen molar-refractivity contribution in [1.82, 2.24) is 4.67 Å². The summed E-state index contributed by atoms with van der Waals surface area (Å²) < 4.78 is 47.2. The summed E-state index contributed by atoms with van der Waals surface area (Å²) in [7, 11) is -1.01. The summed E-state index contributed by atoms with van der Waals surface area (Å²) in [4.78, 5) is 0. The fourth-order valence-electron chi connectivity index (χ4n) is 1.21. The summed E-state index contributed by atoms with van der Waals surface area (Å²) in [6.45, 7) is 2.03. The second-order valence-electron chi connectivity index (χ2n) is 3.70. The van der Waals surface area contributed by atoms with Crippen LogP contribution < -0.4 is 0 Å². The van der Waals surface area contributed by atoms with Gasteiger partial charge in [0.05, 0.1) is 5.85 Å². The molecule has 0 amide bonds. The molecule has 9 heteroatoms. The quantitative estimate of drug-likeness (QED) is 0.450. The molecule has 0 rings (SSSR count). The van der Waals surface area contributed by atoms with E-state index in [1.54, 1.807) is 18.8 Å². The molecule has 0 saturated heterocycles. The first-order valence-corrected chi connectivity index (χ1v) is 7.78. The molecule has 0 aliphatic heterocycles. The maximum atomic E-state index is 11.9. The maximum absolute atomic E-state index is 11.9. The van der Waals surface area contributed by atoms with E-state index in [1.165, 1.54) is 0 Å². The average Bonchev–Trinajstić information content (AvgIpc) is 2.28. The largest absolute Gasteiger partial charge is 0.537 e. The summed E-state index contributed by atoms with van der Waals surface area (Å²) in [5.74, 6) is -0.575. The molecule has 5 nitrogen and oxygen atoms in total. The number of nitrogens with zero attached hydrogens (tertiary/aromatic N) is 1. The smallest absolute Gasteiger partial charge is 0.288 e. The predicted octanol–water partition coefficient (Wildman–Crippen LogP) is 3.97. The van der Waals surface area contributed by atoms with E-state index < -0.39 is 13.7 Å². The van der Waals surface area contributed by atoms with Crippen molar-refractivity contribution in [2.75, 3.05) is 14.1 Å². The van der Waals surface area contributed by atoms with Gasteiger partial charge in [0.15, 0.2) is 0 Å². The lowest BCUT2D eigenvalue weighted by Crippen LogP contribution is -2.12. The Morgan fingerprint density at radius 3 is 2.29 bits per heavy atom. The van der Waals surface area contributed by atoms with Gasteiger partial charge in [-0.2, -0.15) is 0 Å². The van der Waals surface area contributed by atoms with Gasteiger partial charge < -0.3 is 0 Å². The zero-order valence-corrected chi connectivity index (χ0v) is 12.1. The van der Waals surface area contributed by atoms with Gasteiger partial charge in [-0.3, -0.25) is 9.19 Å². The number of phosphoric acid groups is 1. The van der Waals surface area contributed by atoms with Gasteiger partial charge in [-0.1, -0.05) is 35.6 Å². The van der Waals surface area contributed by atoms with Crippen molar-refractivity contribution in [2.24, 2.45) is 0 Å². The van der Waals surface area contributed by atoms with Crippen LogP contribution in [-0.2, 0) is 18.5 Å². The molecule has 104 valence electrons. The first-order valence-electron chi connectivity index (χ1n) is 5.30. The number of unbranched alkanes of at least 4 members (excludes halogenated alkanes) is 2. The highest BCUT2D eigenvalue weighted by Crippen LogP contribution is 2.54. The topological polar surface area (TPSA) is 48.0 Å².